The van der Waals surface area contributed by atoms with Gasteiger partial charge in [-0.05, 0) is 42.7 Å². The van der Waals surface area contributed by atoms with Gasteiger partial charge in [0.2, 0.25) is 0 Å². The van der Waals surface area contributed by atoms with Crippen molar-refractivity contribution in [1.29, 1.82) is 0 Å². The molecule has 0 radical (unpaired) electrons. The first-order chi connectivity index (χ1) is 13.8. The molecule has 1 fully saturated rings. The number of hydroxylamine groups is 1. The quantitative estimate of drug-likeness (QED) is 0.424. The fraction of sp³-hybridized carbons (Fsp3) is 0.545. The molecule has 1 atom stereocenters. The predicted molar refractivity (Wildman–Crippen MR) is 113 cm³/mol. The van der Waals surface area contributed by atoms with Crippen LogP contribution in [0.2, 0.25) is 0 Å². The van der Waals surface area contributed by atoms with Crippen LogP contribution in [-0.2, 0) is 21.5 Å². The van der Waals surface area contributed by atoms with Crippen molar-refractivity contribution in [2.24, 2.45) is 5.92 Å². The molecule has 0 aliphatic carbocycles. The van der Waals surface area contributed by atoms with Crippen molar-refractivity contribution < 1.29 is 14.7 Å². The summed E-state index contributed by atoms with van der Waals surface area (Å²) in [5, 5.41) is 8.64. The minimum Gasteiger partial charge on any atom is -0.381 e. The summed E-state index contributed by atoms with van der Waals surface area (Å²) in [4.78, 5) is 18.7. The summed E-state index contributed by atoms with van der Waals surface area (Å²) in [6, 6.07) is 3.91. The summed E-state index contributed by atoms with van der Waals surface area (Å²) in [7, 11) is 0. The van der Waals surface area contributed by atoms with Crippen LogP contribution in [0.3, 0.4) is 0 Å². The smallest absolute Gasteiger partial charge is 0.267 e. The standard InChI is InChI=1S/C22H32N4O3/c1-5-25(13-17-9-11-29-15-17)14-18-21(22(2,3)4)23-19-12-16(8-10-26(18)19)6-7-20(27)24-28/h6-8,10,12,17,28H,5,9,11,13-15H2,1-4H3,(H,24,27)/b7-6+. The van der Waals surface area contributed by atoms with Crippen molar-refractivity contribution in [3.8, 4) is 0 Å². The Labute approximate surface area is 172 Å². The molecule has 1 amide bonds. The average molecular weight is 401 g/mol. The molecule has 7 heteroatoms. The number of carbonyl (C=O) groups is 1. The first kappa shape index (κ1) is 21.5. The number of hydrogen-bond donors (Lipinski definition) is 2. The highest BCUT2D eigenvalue weighted by atomic mass is 16.5. The number of fused-ring (bicyclic) bond motifs is 1. The Morgan fingerprint density at radius 2 is 2.28 bits per heavy atom. The highest BCUT2D eigenvalue weighted by Crippen LogP contribution is 2.28. The Kier molecular flexibility index (Phi) is 6.72. The first-order valence-corrected chi connectivity index (χ1v) is 10.3. The molecule has 2 aromatic heterocycles. The van der Waals surface area contributed by atoms with Crippen molar-refractivity contribution in [2.45, 2.75) is 46.1 Å². The molecular formula is C22H32N4O3. The van der Waals surface area contributed by atoms with Gasteiger partial charge in [0.25, 0.3) is 5.91 Å². The van der Waals surface area contributed by atoms with Crippen LogP contribution in [0.5, 0.6) is 0 Å². The lowest BCUT2D eigenvalue weighted by atomic mass is 9.90. The summed E-state index contributed by atoms with van der Waals surface area (Å²) in [6.07, 6.45) is 6.10. The van der Waals surface area contributed by atoms with E-state index in [2.05, 4.69) is 37.0 Å². The van der Waals surface area contributed by atoms with E-state index < -0.39 is 5.91 Å². The third-order valence-corrected chi connectivity index (χ3v) is 5.36. The average Bonchev–Trinajstić information content (AvgIpc) is 3.32. The van der Waals surface area contributed by atoms with E-state index >= 15 is 0 Å². The predicted octanol–water partition coefficient (Wildman–Crippen LogP) is 3.01. The molecule has 2 aromatic rings. The SMILES string of the molecule is CCN(Cc1c(C(C)(C)C)nc2cc(/C=C/C(=O)NO)ccn12)CC1CCOC1. The van der Waals surface area contributed by atoms with Gasteiger partial charge in [-0.3, -0.25) is 14.9 Å². The Morgan fingerprint density at radius 1 is 1.48 bits per heavy atom. The molecule has 158 valence electrons. The highest BCUT2D eigenvalue weighted by Gasteiger charge is 2.26. The number of imidazole rings is 1. The molecule has 0 aromatic carbocycles. The molecule has 1 saturated heterocycles. The van der Waals surface area contributed by atoms with Gasteiger partial charge in [-0.1, -0.05) is 27.7 Å². The van der Waals surface area contributed by atoms with Crippen LogP contribution < -0.4 is 5.48 Å². The molecule has 1 aliphatic rings. The maximum atomic E-state index is 11.3. The Hall–Kier alpha value is -2.22. The number of ether oxygens (including phenoxy) is 1. The molecule has 1 aliphatic heterocycles. The van der Waals surface area contributed by atoms with E-state index in [1.165, 1.54) is 11.8 Å². The summed E-state index contributed by atoms with van der Waals surface area (Å²) in [5.41, 5.74) is 5.53. The van der Waals surface area contributed by atoms with E-state index in [-0.39, 0.29) is 5.41 Å². The van der Waals surface area contributed by atoms with Crippen molar-refractivity contribution in [3.05, 3.63) is 41.4 Å². The number of nitrogens with one attached hydrogen (secondary N) is 1. The zero-order chi connectivity index (χ0) is 21.0. The largest absolute Gasteiger partial charge is 0.381 e. The van der Waals surface area contributed by atoms with Crippen molar-refractivity contribution in [3.63, 3.8) is 0 Å². The second-order valence-corrected chi connectivity index (χ2v) is 8.71. The number of hydrogen-bond acceptors (Lipinski definition) is 5. The van der Waals surface area contributed by atoms with E-state index in [1.54, 1.807) is 11.6 Å². The van der Waals surface area contributed by atoms with E-state index in [0.29, 0.717) is 5.92 Å². The fourth-order valence-corrected chi connectivity index (χ4v) is 3.79. The van der Waals surface area contributed by atoms with Crippen LogP contribution in [0.25, 0.3) is 11.7 Å². The zero-order valence-corrected chi connectivity index (χ0v) is 17.8. The van der Waals surface area contributed by atoms with E-state index in [9.17, 15) is 4.79 Å². The molecular weight excluding hydrogens is 368 g/mol. The van der Waals surface area contributed by atoms with Gasteiger partial charge in [0.05, 0.1) is 18.0 Å². The Balaban J connectivity index is 1.93. The fourth-order valence-electron chi connectivity index (χ4n) is 3.79. The number of aromatic nitrogens is 2. The molecule has 0 spiro atoms. The van der Waals surface area contributed by atoms with Crippen molar-refractivity contribution in [2.75, 3.05) is 26.3 Å². The molecule has 0 bridgehead atoms. The van der Waals surface area contributed by atoms with Gasteiger partial charge in [-0.2, -0.15) is 0 Å². The lowest BCUT2D eigenvalue weighted by Gasteiger charge is -2.25. The van der Waals surface area contributed by atoms with Crippen LogP contribution in [0, 0.1) is 5.92 Å². The lowest BCUT2D eigenvalue weighted by Crippen LogP contribution is -2.31. The zero-order valence-electron chi connectivity index (χ0n) is 17.8. The second kappa shape index (κ2) is 9.07. The second-order valence-electron chi connectivity index (χ2n) is 8.71. The molecule has 3 heterocycles. The topological polar surface area (TPSA) is 79.1 Å². The maximum Gasteiger partial charge on any atom is 0.267 e. The van der Waals surface area contributed by atoms with Crippen LogP contribution in [-0.4, -0.2) is 51.7 Å². The van der Waals surface area contributed by atoms with Crippen LogP contribution >= 0.6 is 0 Å². The third kappa shape index (κ3) is 5.23. The molecule has 2 N–H and O–H groups in total. The van der Waals surface area contributed by atoms with Crippen LogP contribution in [0.1, 0.15) is 51.1 Å². The highest BCUT2D eigenvalue weighted by molar-refractivity contribution is 5.90. The molecule has 29 heavy (non-hydrogen) atoms. The van der Waals surface area contributed by atoms with E-state index in [1.807, 2.05) is 18.3 Å². The van der Waals surface area contributed by atoms with Gasteiger partial charge in [-0.25, -0.2) is 10.5 Å². The van der Waals surface area contributed by atoms with Gasteiger partial charge < -0.3 is 9.14 Å². The summed E-state index contributed by atoms with van der Waals surface area (Å²) < 4.78 is 7.70. The minimum atomic E-state index is -0.557. The maximum absolute atomic E-state index is 11.3. The van der Waals surface area contributed by atoms with E-state index in [0.717, 1.165) is 56.2 Å². The number of nitrogens with zero attached hydrogens (tertiary/aromatic N) is 3. The molecule has 7 nitrogen and oxygen atoms in total. The molecule has 1 unspecified atom stereocenters. The molecule has 3 rings (SSSR count). The Bertz CT molecular complexity index is 876. The van der Waals surface area contributed by atoms with Crippen LogP contribution in [0.15, 0.2) is 24.4 Å². The third-order valence-electron chi connectivity index (χ3n) is 5.36. The number of amides is 1. The summed E-state index contributed by atoms with van der Waals surface area (Å²) in [6.45, 7) is 13.3. The first-order valence-electron chi connectivity index (χ1n) is 10.3. The molecule has 0 saturated carbocycles. The lowest BCUT2D eigenvalue weighted by molar-refractivity contribution is -0.124. The van der Waals surface area contributed by atoms with Crippen molar-refractivity contribution >= 4 is 17.6 Å². The normalized spacial score (nSPS) is 17.7. The van der Waals surface area contributed by atoms with Gasteiger partial charge in [0, 0.05) is 37.4 Å². The van der Waals surface area contributed by atoms with Gasteiger partial charge in [0.15, 0.2) is 0 Å². The monoisotopic (exact) mass is 400 g/mol. The van der Waals surface area contributed by atoms with Gasteiger partial charge >= 0.3 is 0 Å². The minimum absolute atomic E-state index is 0.0794. The summed E-state index contributed by atoms with van der Waals surface area (Å²) >= 11 is 0. The van der Waals surface area contributed by atoms with Gasteiger partial charge in [0.1, 0.15) is 5.65 Å². The van der Waals surface area contributed by atoms with E-state index in [4.69, 9.17) is 14.9 Å². The van der Waals surface area contributed by atoms with Crippen LogP contribution in [0.4, 0.5) is 0 Å². The number of pyridine rings is 1. The number of rotatable bonds is 7. The summed E-state index contributed by atoms with van der Waals surface area (Å²) in [5.74, 6) is 0.0420. The van der Waals surface area contributed by atoms with Crippen molar-refractivity contribution in [1.82, 2.24) is 19.8 Å². The Morgan fingerprint density at radius 3 is 2.90 bits per heavy atom. The number of carbonyl (C=O) groups excluding carboxylic acids is 1. The van der Waals surface area contributed by atoms with Gasteiger partial charge in [-0.15, -0.1) is 0 Å².